The second-order valence-corrected chi connectivity index (χ2v) is 3.36. The topological polar surface area (TPSA) is 39.2 Å². The van der Waals surface area contributed by atoms with Gasteiger partial charge in [-0.3, -0.25) is 9.78 Å². The van der Waals surface area contributed by atoms with Crippen molar-refractivity contribution in [3.63, 3.8) is 0 Å². The highest BCUT2D eigenvalue weighted by Gasteiger charge is 2.30. The van der Waals surface area contributed by atoms with Gasteiger partial charge >= 0.3 is 5.97 Å². The average molecular weight is 179 g/mol. The summed E-state index contributed by atoms with van der Waals surface area (Å²) in [4.78, 5) is 15.3. The number of pyridine rings is 1. The molecule has 3 heteroatoms. The molecule has 0 amide bonds. The maximum atomic E-state index is 11.4. The molecule has 0 bridgehead atoms. The molecule has 1 aromatic heterocycles. The van der Waals surface area contributed by atoms with Crippen molar-refractivity contribution in [2.45, 2.75) is 19.3 Å². The van der Waals surface area contributed by atoms with E-state index in [-0.39, 0.29) is 5.97 Å². The van der Waals surface area contributed by atoms with E-state index in [1.165, 1.54) is 7.11 Å². The van der Waals surface area contributed by atoms with Gasteiger partial charge in [-0.05, 0) is 25.5 Å². The lowest BCUT2D eigenvalue weighted by Gasteiger charge is -2.21. The quantitative estimate of drug-likeness (QED) is 0.646. The SMILES string of the molecule is COC(=O)C(C)(C)c1cccnc1. The Labute approximate surface area is 77.8 Å². The van der Waals surface area contributed by atoms with E-state index in [0.29, 0.717) is 0 Å². The van der Waals surface area contributed by atoms with Crippen LogP contribution in [0.4, 0.5) is 0 Å². The first-order valence-corrected chi connectivity index (χ1v) is 4.08. The first-order valence-electron chi connectivity index (χ1n) is 4.08. The standard InChI is InChI=1S/C10H13NO2/c1-10(2,9(12)13-3)8-5-4-6-11-7-8/h4-7H,1-3H3. The summed E-state index contributed by atoms with van der Waals surface area (Å²) in [5, 5.41) is 0. The summed E-state index contributed by atoms with van der Waals surface area (Å²) in [6, 6.07) is 3.67. The number of hydrogen-bond donors (Lipinski definition) is 0. The number of aromatic nitrogens is 1. The molecule has 1 rings (SSSR count). The predicted octanol–water partition coefficient (Wildman–Crippen LogP) is 1.53. The van der Waals surface area contributed by atoms with Crippen molar-refractivity contribution in [2.75, 3.05) is 7.11 Å². The third-order valence-corrected chi connectivity index (χ3v) is 2.08. The maximum absolute atomic E-state index is 11.4. The summed E-state index contributed by atoms with van der Waals surface area (Å²) in [5.41, 5.74) is 0.241. The first kappa shape index (κ1) is 9.71. The molecule has 0 spiro atoms. The molecule has 0 radical (unpaired) electrons. The molecule has 0 aliphatic carbocycles. The van der Waals surface area contributed by atoms with Gasteiger partial charge in [-0.2, -0.15) is 0 Å². The summed E-state index contributed by atoms with van der Waals surface area (Å²) in [7, 11) is 1.39. The van der Waals surface area contributed by atoms with Crippen LogP contribution in [0.25, 0.3) is 0 Å². The fraction of sp³-hybridized carbons (Fsp3) is 0.400. The zero-order chi connectivity index (χ0) is 9.90. The van der Waals surface area contributed by atoms with Gasteiger partial charge in [-0.25, -0.2) is 0 Å². The number of rotatable bonds is 2. The zero-order valence-electron chi connectivity index (χ0n) is 8.07. The summed E-state index contributed by atoms with van der Waals surface area (Å²) in [5.74, 6) is -0.250. The summed E-state index contributed by atoms with van der Waals surface area (Å²) < 4.78 is 4.70. The number of carbonyl (C=O) groups is 1. The van der Waals surface area contributed by atoms with Crippen molar-refractivity contribution >= 4 is 5.97 Å². The highest BCUT2D eigenvalue weighted by Crippen LogP contribution is 2.23. The van der Waals surface area contributed by atoms with Gasteiger partial charge in [0.1, 0.15) is 0 Å². The fourth-order valence-electron chi connectivity index (χ4n) is 1.11. The third-order valence-electron chi connectivity index (χ3n) is 2.08. The summed E-state index contributed by atoms with van der Waals surface area (Å²) in [6.07, 6.45) is 3.35. The van der Waals surface area contributed by atoms with Crippen LogP contribution in [0.15, 0.2) is 24.5 Å². The molecule has 0 N–H and O–H groups in total. The Kier molecular flexibility index (Phi) is 2.66. The van der Waals surface area contributed by atoms with E-state index in [1.54, 1.807) is 18.5 Å². The molecule has 13 heavy (non-hydrogen) atoms. The smallest absolute Gasteiger partial charge is 0.315 e. The van der Waals surface area contributed by atoms with E-state index in [2.05, 4.69) is 4.98 Å². The van der Waals surface area contributed by atoms with Crippen LogP contribution >= 0.6 is 0 Å². The van der Waals surface area contributed by atoms with Gasteiger partial charge in [-0.1, -0.05) is 6.07 Å². The number of esters is 1. The van der Waals surface area contributed by atoms with Crippen molar-refractivity contribution in [1.29, 1.82) is 0 Å². The summed E-state index contributed by atoms with van der Waals surface area (Å²) >= 11 is 0. The molecule has 1 aromatic rings. The van der Waals surface area contributed by atoms with Gasteiger partial charge in [0.05, 0.1) is 12.5 Å². The number of ether oxygens (including phenoxy) is 1. The highest BCUT2D eigenvalue weighted by atomic mass is 16.5. The van der Waals surface area contributed by atoms with Crippen LogP contribution < -0.4 is 0 Å². The molecule has 0 saturated heterocycles. The molecule has 0 aliphatic rings. The van der Waals surface area contributed by atoms with Gasteiger partial charge in [0.15, 0.2) is 0 Å². The van der Waals surface area contributed by atoms with Crippen molar-refractivity contribution in [2.24, 2.45) is 0 Å². The van der Waals surface area contributed by atoms with E-state index in [0.717, 1.165) is 5.56 Å². The lowest BCUT2D eigenvalue weighted by molar-refractivity contribution is -0.146. The van der Waals surface area contributed by atoms with Crippen molar-refractivity contribution in [1.82, 2.24) is 4.98 Å². The Bertz CT molecular complexity index is 293. The molecule has 3 nitrogen and oxygen atoms in total. The molecule has 0 aromatic carbocycles. The van der Waals surface area contributed by atoms with E-state index in [4.69, 9.17) is 4.74 Å². The molecule has 0 unspecified atom stereocenters. The first-order chi connectivity index (χ1) is 6.09. The normalized spacial score (nSPS) is 11.0. The van der Waals surface area contributed by atoms with Crippen LogP contribution in [0.5, 0.6) is 0 Å². The monoisotopic (exact) mass is 179 g/mol. The van der Waals surface area contributed by atoms with Gasteiger partial charge in [0.2, 0.25) is 0 Å². The number of hydrogen-bond acceptors (Lipinski definition) is 3. The van der Waals surface area contributed by atoms with Crippen molar-refractivity contribution in [3.05, 3.63) is 30.1 Å². The number of methoxy groups -OCH3 is 1. The van der Waals surface area contributed by atoms with Gasteiger partial charge in [0, 0.05) is 12.4 Å². The van der Waals surface area contributed by atoms with Gasteiger partial charge < -0.3 is 4.74 Å². The van der Waals surface area contributed by atoms with E-state index in [9.17, 15) is 4.79 Å². The van der Waals surface area contributed by atoms with E-state index < -0.39 is 5.41 Å². The lowest BCUT2D eigenvalue weighted by Crippen LogP contribution is -2.30. The largest absolute Gasteiger partial charge is 0.468 e. The van der Waals surface area contributed by atoms with Gasteiger partial charge in [-0.15, -0.1) is 0 Å². The molecular weight excluding hydrogens is 166 g/mol. The Morgan fingerprint density at radius 2 is 2.23 bits per heavy atom. The molecule has 0 fully saturated rings. The van der Waals surface area contributed by atoms with Crippen LogP contribution in [0.1, 0.15) is 19.4 Å². The Balaban J connectivity index is 3.00. The second-order valence-electron chi connectivity index (χ2n) is 3.36. The highest BCUT2D eigenvalue weighted by molar-refractivity contribution is 5.81. The average Bonchev–Trinajstić information content (AvgIpc) is 2.18. The third kappa shape index (κ3) is 1.86. The van der Waals surface area contributed by atoms with Gasteiger partial charge in [0.25, 0.3) is 0 Å². The summed E-state index contributed by atoms with van der Waals surface area (Å²) in [6.45, 7) is 3.63. The van der Waals surface area contributed by atoms with Crippen LogP contribution in [0.3, 0.4) is 0 Å². The van der Waals surface area contributed by atoms with Crippen molar-refractivity contribution < 1.29 is 9.53 Å². The van der Waals surface area contributed by atoms with E-state index >= 15 is 0 Å². The minimum Gasteiger partial charge on any atom is -0.468 e. The minimum atomic E-state index is -0.622. The van der Waals surface area contributed by atoms with Crippen LogP contribution in [-0.2, 0) is 14.9 Å². The van der Waals surface area contributed by atoms with E-state index in [1.807, 2.05) is 19.9 Å². The second kappa shape index (κ2) is 3.56. The molecule has 0 saturated carbocycles. The molecular formula is C10H13NO2. The molecule has 70 valence electrons. The van der Waals surface area contributed by atoms with Crippen LogP contribution in [0.2, 0.25) is 0 Å². The number of carbonyl (C=O) groups excluding carboxylic acids is 1. The predicted molar refractivity (Wildman–Crippen MR) is 49.3 cm³/mol. The Morgan fingerprint density at radius 1 is 1.54 bits per heavy atom. The van der Waals surface area contributed by atoms with Crippen molar-refractivity contribution in [3.8, 4) is 0 Å². The van der Waals surface area contributed by atoms with Crippen LogP contribution in [-0.4, -0.2) is 18.1 Å². The minimum absolute atomic E-state index is 0.250. The maximum Gasteiger partial charge on any atom is 0.315 e. The molecule has 1 heterocycles. The zero-order valence-corrected chi connectivity index (χ0v) is 8.07. The lowest BCUT2D eigenvalue weighted by atomic mass is 9.86. The molecule has 0 aliphatic heterocycles. The molecule has 0 atom stereocenters. The Morgan fingerprint density at radius 3 is 2.69 bits per heavy atom. The fourth-order valence-corrected chi connectivity index (χ4v) is 1.11. The number of nitrogens with zero attached hydrogens (tertiary/aromatic N) is 1. The Hall–Kier alpha value is -1.38. The van der Waals surface area contributed by atoms with Crippen LogP contribution in [0, 0.1) is 0 Å².